The lowest BCUT2D eigenvalue weighted by Crippen LogP contribution is -2.58. The molecule has 2 aromatic carbocycles. The third kappa shape index (κ3) is 11.3. The second-order valence-electron chi connectivity index (χ2n) is 9.98. The summed E-state index contributed by atoms with van der Waals surface area (Å²) in [6, 6.07) is 13.2. The molecule has 232 valence electrons. The van der Waals surface area contributed by atoms with Crippen LogP contribution >= 0.6 is 11.8 Å². The largest absolute Gasteiger partial charge is 0.479 e. The zero-order valence-electron chi connectivity index (χ0n) is 24.1. The Balaban J connectivity index is 1.97. The Morgan fingerprint density at radius 1 is 0.905 bits per heavy atom. The molecule has 7 N–H and O–H groups in total. The Morgan fingerprint density at radius 2 is 1.50 bits per heavy atom. The van der Waals surface area contributed by atoms with E-state index in [0.717, 1.165) is 35.1 Å². The van der Waals surface area contributed by atoms with E-state index in [4.69, 9.17) is 4.74 Å². The lowest BCUT2D eigenvalue weighted by molar-refractivity contribution is -0.154. The Hall–Kier alpha value is -3.00. The van der Waals surface area contributed by atoms with Crippen LogP contribution in [-0.2, 0) is 14.3 Å². The fraction of sp³-hybridized carbons (Fsp3) is 0.500. The number of thioether (sulfide) groups is 1. The van der Waals surface area contributed by atoms with Gasteiger partial charge in [0, 0.05) is 32.1 Å². The van der Waals surface area contributed by atoms with Gasteiger partial charge in [-0.3, -0.25) is 9.59 Å². The van der Waals surface area contributed by atoms with Crippen LogP contribution in [0.2, 0.25) is 0 Å². The Morgan fingerprint density at radius 3 is 2.05 bits per heavy atom. The summed E-state index contributed by atoms with van der Waals surface area (Å²) < 4.78 is 5.38. The average molecular weight is 607 g/mol. The topological polar surface area (TPSA) is 186 Å². The van der Waals surface area contributed by atoms with E-state index in [1.54, 1.807) is 36.0 Å². The van der Waals surface area contributed by atoms with Crippen LogP contribution in [0.4, 0.5) is 0 Å². The standard InChI is InChI=1S/C30H42N2O9S/c1-4-42-15-5-14-41-25(30(39)40)16-23(34)26(32-19(3)33)28(37)27(36)24(35)17-31-29(38)22-12-10-21(11-13-22)20-8-6-18(2)7-9-20/h6-13,23-28,34-37H,4-5,14-17H2,1-3H3,(H,31,38)(H,32,33)(H,39,40)/t23-,24+,25?,26+,27+,28+/m0/s1. The number of hydrogen-bond acceptors (Lipinski definition) is 9. The van der Waals surface area contributed by atoms with E-state index in [1.165, 1.54) is 0 Å². The number of carboxylic acid groups (broad SMARTS) is 1. The number of carboxylic acids is 1. The van der Waals surface area contributed by atoms with Crippen molar-refractivity contribution in [3.63, 3.8) is 0 Å². The highest BCUT2D eigenvalue weighted by Gasteiger charge is 2.38. The van der Waals surface area contributed by atoms with Crippen LogP contribution < -0.4 is 10.6 Å². The van der Waals surface area contributed by atoms with Crippen LogP contribution in [0.25, 0.3) is 11.1 Å². The van der Waals surface area contributed by atoms with Crippen LogP contribution in [0.15, 0.2) is 48.5 Å². The molecule has 0 aliphatic rings. The minimum absolute atomic E-state index is 0.139. The minimum Gasteiger partial charge on any atom is -0.479 e. The van der Waals surface area contributed by atoms with Crippen molar-refractivity contribution in [1.82, 2.24) is 10.6 Å². The number of amides is 2. The third-order valence-corrected chi connectivity index (χ3v) is 7.57. The molecule has 12 heteroatoms. The number of nitrogens with one attached hydrogen (secondary N) is 2. The Kier molecular flexibility index (Phi) is 15.0. The normalized spacial score (nSPS) is 15.6. The lowest BCUT2D eigenvalue weighted by Gasteiger charge is -2.33. The van der Waals surface area contributed by atoms with Crippen LogP contribution in [0.5, 0.6) is 0 Å². The summed E-state index contributed by atoms with van der Waals surface area (Å²) in [6.45, 7) is 4.80. The van der Waals surface area contributed by atoms with Crippen LogP contribution in [-0.4, -0.2) is 105 Å². The van der Waals surface area contributed by atoms with Gasteiger partial charge in [-0.1, -0.05) is 48.9 Å². The highest BCUT2D eigenvalue weighted by Crippen LogP contribution is 2.20. The van der Waals surface area contributed by atoms with Crippen LogP contribution in [0, 0.1) is 6.92 Å². The van der Waals surface area contributed by atoms with Gasteiger partial charge in [0.1, 0.15) is 12.2 Å². The van der Waals surface area contributed by atoms with E-state index in [0.29, 0.717) is 12.0 Å². The second-order valence-corrected chi connectivity index (χ2v) is 11.4. The summed E-state index contributed by atoms with van der Waals surface area (Å²) in [5.41, 5.74) is 3.35. The molecule has 1 unspecified atom stereocenters. The number of aliphatic hydroxyl groups is 4. The van der Waals surface area contributed by atoms with E-state index < -0.39 is 67.3 Å². The first-order valence-electron chi connectivity index (χ1n) is 13.8. The number of carbonyl (C=O) groups is 3. The minimum atomic E-state index is -1.91. The quantitative estimate of drug-likeness (QED) is 0.122. The summed E-state index contributed by atoms with van der Waals surface area (Å²) in [4.78, 5) is 36.0. The average Bonchev–Trinajstić information content (AvgIpc) is 2.97. The molecule has 0 aliphatic carbocycles. The number of aryl methyl sites for hydroxylation is 1. The van der Waals surface area contributed by atoms with E-state index >= 15 is 0 Å². The van der Waals surface area contributed by atoms with Crippen molar-refractivity contribution < 1.29 is 44.7 Å². The van der Waals surface area contributed by atoms with Crippen molar-refractivity contribution in [2.24, 2.45) is 0 Å². The highest BCUT2D eigenvalue weighted by atomic mass is 32.2. The molecule has 2 amide bonds. The van der Waals surface area contributed by atoms with Crippen LogP contribution in [0.3, 0.4) is 0 Å². The molecule has 0 spiro atoms. The Labute approximate surface area is 250 Å². The molecule has 0 heterocycles. The predicted octanol–water partition coefficient (Wildman–Crippen LogP) is 1.34. The lowest BCUT2D eigenvalue weighted by atomic mass is 9.93. The Bertz CT molecular complexity index is 1130. The molecule has 0 aromatic heterocycles. The maximum Gasteiger partial charge on any atom is 0.332 e. The molecule has 42 heavy (non-hydrogen) atoms. The first-order chi connectivity index (χ1) is 19.9. The van der Waals surface area contributed by atoms with Gasteiger partial charge in [-0.25, -0.2) is 4.79 Å². The molecule has 0 radical (unpaired) electrons. The molecule has 0 saturated heterocycles. The molecule has 2 aromatic rings. The SMILES string of the molecule is CCSCCCOC(C[C@H](O)[C@@H](NC(C)=O)[C@@H](O)[C@H](O)[C@H](O)CNC(=O)c1ccc(-c2ccc(C)cc2)cc1)C(=O)O. The fourth-order valence-corrected chi connectivity index (χ4v) is 4.81. The van der Waals surface area contributed by atoms with Gasteiger partial charge in [-0.2, -0.15) is 11.8 Å². The van der Waals surface area contributed by atoms with E-state index in [-0.39, 0.29) is 6.61 Å². The van der Waals surface area contributed by atoms with Gasteiger partial charge in [0.25, 0.3) is 5.91 Å². The van der Waals surface area contributed by atoms with Crippen LogP contribution in [0.1, 0.15) is 42.6 Å². The maximum atomic E-state index is 12.6. The van der Waals surface area contributed by atoms with E-state index in [1.807, 2.05) is 38.1 Å². The number of ether oxygens (including phenoxy) is 1. The summed E-state index contributed by atoms with van der Waals surface area (Å²) in [5, 5.41) is 56.8. The van der Waals surface area contributed by atoms with Gasteiger partial charge in [-0.15, -0.1) is 0 Å². The number of aliphatic carboxylic acids is 1. The van der Waals surface area contributed by atoms with Crippen molar-refractivity contribution in [3.8, 4) is 11.1 Å². The zero-order valence-corrected chi connectivity index (χ0v) is 24.9. The molecule has 6 atom stereocenters. The molecular formula is C30H42N2O9S. The number of rotatable bonds is 18. The van der Waals surface area contributed by atoms with Gasteiger partial charge in [0.2, 0.25) is 5.91 Å². The number of aliphatic hydroxyl groups excluding tert-OH is 4. The van der Waals surface area contributed by atoms with Gasteiger partial charge < -0.3 is 40.9 Å². The smallest absolute Gasteiger partial charge is 0.332 e. The molecule has 0 aliphatic heterocycles. The molecule has 2 rings (SSSR count). The maximum absolute atomic E-state index is 12.6. The first-order valence-corrected chi connectivity index (χ1v) is 15.0. The summed E-state index contributed by atoms with van der Waals surface area (Å²) in [7, 11) is 0. The second kappa shape index (κ2) is 17.8. The molecule has 0 saturated carbocycles. The van der Waals surface area contributed by atoms with Crippen molar-refractivity contribution >= 4 is 29.5 Å². The molecule has 0 fully saturated rings. The van der Waals surface area contributed by atoms with E-state index in [9.17, 15) is 39.9 Å². The summed E-state index contributed by atoms with van der Waals surface area (Å²) in [5.74, 6) is -0.826. The summed E-state index contributed by atoms with van der Waals surface area (Å²) >= 11 is 1.67. The van der Waals surface area contributed by atoms with Crippen molar-refractivity contribution in [3.05, 3.63) is 59.7 Å². The highest BCUT2D eigenvalue weighted by molar-refractivity contribution is 7.99. The van der Waals surface area contributed by atoms with Crippen molar-refractivity contribution in [1.29, 1.82) is 0 Å². The number of benzene rings is 2. The number of carbonyl (C=O) groups excluding carboxylic acids is 2. The monoisotopic (exact) mass is 606 g/mol. The number of hydrogen-bond donors (Lipinski definition) is 7. The van der Waals surface area contributed by atoms with Gasteiger partial charge in [0.15, 0.2) is 6.10 Å². The van der Waals surface area contributed by atoms with Gasteiger partial charge >= 0.3 is 5.97 Å². The third-order valence-electron chi connectivity index (χ3n) is 6.59. The van der Waals surface area contributed by atoms with Gasteiger partial charge in [0.05, 0.1) is 18.2 Å². The summed E-state index contributed by atoms with van der Waals surface area (Å²) in [6.07, 6.45) is -8.44. The van der Waals surface area contributed by atoms with Crippen molar-refractivity contribution in [2.45, 2.75) is 70.2 Å². The van der Waals surface area contributed by atoms with Crippen molar-refractivity contribution in [2.75, 3.05) is 24.7 Å². The van der Waals surface area contributed by atoms with E-state index in [2.05, 4.69) is 10.6 Å². The fourth-order valence-electron chi connectivity index (χ4n) is 4.20. The zero-order chi connectivity index (χ0) is 31.2. The molecule has 0 bridgehead atoms. The first kappa shape index (κ1) is 35.2. The van der Waals surface area contributed by atoms with Gasteiger partial charge in [-0.05, 0) is 48.1 Å². The molecular weight excluding hydrogens is 564 g/mol. The molecule has 11 nitrogen and oxygen atoms in total. The predicted molar refractivity (Wildman–Crippen MR) is 160 cm³/mol.